The van der Waals surface area contributed by atoms with E-state index in [0.29, 0.717) is 16.8 Å². The predicted molar refractivity (Wildman–Crippen MR) is 136 cm³/mol. The van der Waals surface area contributed by atoms with E-state index in [4.69, 9.17) is 26.5 Å². The van der Waals surface area contributed by atoms with Crippen molar-refractivity contribution < 1.29 is 32.2 Å². The zero-order chi connectivity index (χ0) is 27.0. The van der Waals surface area contributed by atoms with Crippen molar-refractivity contribution in [2.24, 2.45) is 0 Å². The summed E-state index contributed by atoms with van der Waals surface area (Å²) in [6, 6.07) is 8.41. The Labute approximate surface area is 220 Å². The molecule has 1 atom stereocenters. The maximum absolute atomic E-state index is 13.4. The molecule has 37 heavy (non-hydrogen) atoms. The summed E-state index contributed by atoms with van der Waals surface area (Å²) in [6.07, 6.45) is -2.39. The molecule has 0 spiro atoms. The van der Waals surface area contributed by atoms with Crippen molar-refractivity contribution in [2.45, 2.75) is 38.5 Å². The molecule has 2 fully saturated rings. The minimum Gasteiger partial charge on any atom is -0.380 e. The molecule has 2 aliphatic heterocycles. The summed E-state index contributed by atoms with van der Waals surface area (Å²) in [4.78, 5) is 26.6. The molecule has 1 unspecified atom stereocenters. The maximum atomic E-state index is 13.4. The molecule has 196 valence electrons. The molecule has 12 heteroatoms. The minimum absolute atomic E-state index is 0.00520. The molecular weight excluding hydrogens is 531 g/mol. The number of halogens is 4. The zero-order valence-corrected chi connectivity index (χ0v) is 21.4. The van der Waals surface area contributed by atoms with Gasteiger partial charge >= 0.3 is 6.18 Å². The summed E-state index contributed by atoms with van der Waals surface area (Å²) in [5, 5.41) is 10.2. The SMILES string of the molecule is CC1(C)OCC(CN2C(=O)SC(=Cc3ccc(NCc4ccc(Cl)cc4C(F)(F)F)c(C=N)c3)C2=O)O1. The van der Waals surface area contributed by atoms with Crippen molar-refractivity contribution in [2.75, 3.05) is 18.5 Å². The molecule has 0 radical (unpaired) electrons. The number of amides is 2. The van der Waals surface area contributed by atoms with E-state index in [2.05, 4.69) is 5.32 Å². The van der Waals surface area contributed by atoms with Gasteiger partial charge in [0.1, 0.15) is 6.10 Å². The number of hydrogen-bond acceptors (Lipinski definition) is 7. The lowest BCUT2D eigenvalue weighted by Crippen LogP contribution is -2.37. The number of rotatable bonds is 7. The van der Waals surface area contributed by atoms with E-state index in [-0.39, 0.29) is 35.2 Å². The van der Waals surface area contributed by atoms with E-state index in [1.165, 1.54) is 12.1 Å². The molecule has 2 saturated heterocycles. The number of benzene rings is 2. The van der Waals surface area contributed by atoms with Crippen LogP contribution in [0.3, 0.4) is 0 Å². The van der Waals surface area contributed by atoms with Gasteiger partial charge in [0, 0.05) is 29.0 Å². The molecule has 0 aromatic heterocycles. The first-order chi connectivity index (χ1) is 17.4. The molecule has 2 aromatic rings. The summed E-state index contributed by atoms with van der Waals surface area (Å²) in [5.74, 6) is -1.23. The largest absolute Gasteiger partial charge is 0.416 e. The molecule has 0 saturated carbocycles. The smallest absolute Gasteiger partial charge is 0.380 e. The first-order valence-electron chi connectivity index (χ1n) is 11.2. The summed E-state index contributed by atoms with van der Waals surface area (Å²) in [6.45, 7) is 3.71. The highest BCUT2D eigenvalue weighted by Gasteiger charge is 2.40. The molecule has 0 aliphatic carbocycles. The van der Waals surface area contributed by atoms with Crippen LogP contribution in [0.25, 0.3) is 6.08 Å². The lowest BCUT2D eigenvalue weighted by atomic mass is 10.1. The quantitative estimate of drug-likeness (QED) is 0.315. The third-order valence-corrected chi connectivity index (χ3v) is 6.85. The number of hydrogen-bond donors (Lipinski definition) is 2. The summed E-state index contributed by atoms with van der Waals surface area (Å²) in [5.41, 5.74) is 0.553. The molecule has 4 rings (SSSR count). The highest BCUT2D eigenvalue weighted by atomic mass is 35.5. The average molecular weight is 554 g/mol. The van der Waals surface area contributed by atoms with Crippen LogP contribution >= 0.6 is 23.4 Å². The molecule has 2 aliphatic rings. The average Bonchev–Trinajstić information content (AvgIpc) is 3.30. The molecule has 0 bridgehead atoms. The number of nitrogens with zero attached hydrogens (tertiary/aromatic N) is 1. The number of nitrogens with one attached hydrogen (secondary N) is 2. The van der Waals surface area contributed by atoms with Crippen LogP contribution in [-0.4, -0.2) is 47.3 Å². The highest BCUT2D eigenvalue weighted by Crippen LogP contribution is 2.36. The Kier molecular flexibility index (Phi) is 7.70. The van der Waals surface area contributed by atoms with Crippen molar-refractivity contribution in [3.63, 3.8) is 0 Å². The van der Waals surface area contributed by atoms with Crippen LogP contribution in [0.5, 0.6) is 0 Å². The van der Waals surface area contributed by atoms with E-state index in [1.54, 1.807) is 38.1 Å². The van der Waals surface area contributed by atoms with Crippen LogP contribution in [0.2, 0.25) is 5.02 Å². The van der Waals surface area contributed by atoms with Crippen LogP contribution in [0.1, 0.15) is 36.1 Å². The Balaban J connectivity index is 1.48. The van der Waals surface area contributed by atoms with Crippen molar-refractivity contribution in [1.82, 2.24) is 4.90 Å². The monoisotopic (exact) mass is 553 g/mol. The van der Waals surface area contributed by atoms with Crippen LogP contribution < -0.4 is 5.32 Å². The number of alkyl halides is 3. The van der Waals surface area contributed by atoms with Crippen molar-refractivity contribution in [3.05, 3.63) is 68.6 Å². The van der Waals surface area contributed by atoms with E-state index < -0.39 is 34.8 Å². The Morgan fingerprint density at radius 2 is 2.00 bits per heavy atom. The van der Waals surface area contributed by atoms with Gasteiger partial charge in [-0.1, -0.05) is 23.7 Å². The minimum atomic E-state index is -4.56. The van der Waals surface area contributed by atoms with Gasteiger partial charge in [0.2, 0.25) is 0 Å². The number of carbonyl (C=O) groups excluding carboxylic acids is 2. The molecule has 2 amide bonds. The normalized spacial score (nSPS) is 20.6. The number of anilines is 1. The first-order valence-corrected chi connectivity index (χ1v) is 12.4. The second-order valence-electron chi connectivity index (χ2n) is 8.89. The van der Waals surface area contributed by atoms with Gasteiger partial charge in [0.25, 0.3) is 11.1 Å². The fourth-order valence-corrected chi connectivity index (χ4v) is 4.99. The lowest BCUT2D eigenvalue weighted by molar-refractivity contribution is -0.142. The van der Waals surface area contributed by atoms with Crippen LogP contribution in [0, 0.1) is 5.41 Å². The van der Waals surface area contributed by atoms with Gasteiger partial charge in [-0.25, -0.2) is 0 Å². The summed E-state index contributed by atoms with van der Waals surface area (Å²) < 4.78 is 51.3. The first kappa shape index (κ1) is 27.2. The second-order valence-corrected chi connectivity index (χ2v) is 10.3. The van der Waals surface area contributed by atoms with Gasteiger partial charge in [0.15, 0.2) is 5.79 Å². The van der Waals surface area contributed by atoms with Gasteiger partial charge in [0.05, 0.1) is 23.6 Å². The van der Waals surface area contributed by atoms with Gasteiger partial charge < -0.3 is 20.2 Å². The Morgan fingerprint density at radius 1 is 1.24 bits per heavy atom. The third-order valence-electron chi connectivity index (χ3n) is 5.70. The summed E-state index contributed by atoms with van der Waals surface area (Å²) in [7, 11) is 0. The zero-order valence-electron chi connectivity index (χ0n) is 19.8. The number of carbonyl (C=O) groups is 2. The van der Waals surface area contributed by atoms with Crippen LogP contribution in [0.15, 0.2) is 41.3 Å². The van der Waals surface area contributed by atoms with E-state index >= 15 is 0 Å². The fourth-order valence-electron chi connectivity index (χ4n) is 3.97. The third kappa shape index (κ3) is 6.35. The van der Waals surface area contributed by atoms with Crippen LogP contribution in [0.4, 0.5) is 23.7 Å². The van der Waals surface area contributed by atoms with Crippen molar-refractivity contribution in [3.8, 4) is 0 Å². The van der Waals surface area contributed by atoms with Gasteiger partial charge in [-0.3, -0.25) is 14.5 Å². The van der Waals surface area contributed by atoms with E-state index in [9.17, 15) is 22.8 Å². The fraction of sp³-hybridized carbons (Fsp3) is 0.320. The molecule has 2 N–H and O–H groups in total. The Bertz CT molecular complexity index is 1280. The number of imide groups is 1. The highest BCUT2D eigenvalue weighted by molar-refractivity contribution is 8.18. The van der Waals surface area contributed by atoms with E-state index in [1.807, 2.05) is 0 Å². The van der Waals surface area contributed by atoms with Crippen molar-refractivity contribution in [1.29, 1.82) is 5.41 Å². The van der Waals surface area contributed by atoms with E-state index in [0.717, 1.165) is 28.9 Å². The van der Waals surface area contributed by atoms with Crippen LogP contribution in [-0.2, 0) is 27.0 Å². The lowest BCUT2D eigenvalue weighted by Gasteiger charge is -2.19. The molecule has 2 heterocycles. The molecular formula is C25H23ClF3N3O4S. The summed E-state index contributed by atoms with van der Waals surface area (Å²) >= 11 is 6.54. The number of thioether (sulfide) groups is 1. The standard InChI is InChI=1S/C25H23ClF3N3O4S/c1-24(2)35-13-18(36-24)12-32-22(33)21(37-23(32)34)8-14-3-6-20(16(7-14)10-30)31-11-15-4-5-17(26)9-19(15)25(27,28)29/h3-10,18,30-31H,11-13H2,1-2H3. The van der Waals surface area contributed by atoms with Crippen molar-refractivity contribution >= 4 is 52.5 Å². The topological polar surface area (TPSA) is 91.7 Å². The number of ether oxygens (including phenoxy) is 2. The van der Waals surface area contributed by atoms with Gasteiger partial charge in [-0.05, 0) is 67.1 Å². The van der Waals surface area contributed by atoms with Gasteiger partial charge in [-0.15, -0.1) is 0 Å². The Hall–Kier alpha value is -2.86. The molecule has 7 nitrogen and oxygen atoms in total. The Morgan fingerprint density at radius 3 is 2.65 bits per heavy atom. The second kappa shape index (κ2) is 10.5. The van der Waals surface area contributed by atoms with Gasteiger partial charge in [-0.2, -0.15) is 13.2 Å². The molecule has 2 aromatic carbocycles. The predicted octanol–water partition coefficient (Wildman–Crippen LogP) is 6.16. The maximum Gasteiger partial charge on any atom is 0.416 e.